The topological polar surface area (TPSA) is 38.7 Å². The highest BCUT2D eigenvalue weighted by Gasteiger charge is 2.11. The summed E-state index contributed by atoms with van der Waals surface area (Å²) in [7, 11) is 0. The minimum atomic E-state index is 0.646. The molecular formula is C14H12ClN3S2. The maximum Gasteiger partial charge on any atom is 0.148 e. The molecule has 0 aliphatic carbocycles. The van der Waals surface area contributed by atoms with Crippen molar-refractivity contribution in [2.24, 2.45) is 0 Å². The van der Waals surface area contributed by atoms with Crippen LogP contribution >= 0.6 is 34.7 Å². The highest BCUT2D eigenvalue weighted by Crippen LogP contribution is 2.32. The maximum absolute atomic E-state index is 5.75. The number of aryl methyl sites for hydroxylation is 1. The largest absolute Gasteiger partial charge is 0.231 e. The third-order valence-electron chi connectivity index (χ3n) is 2.94. The smallest absolute Gasteiger partial charge is 0.148 e. The fraction of sp³-hybridized carbons (Fsp3) is 0.214. The maximum atomic E-state index is 5.75. The first-order chi connectivity index (χ1) is 9.81. The zero-order valence-corrected chi connectivity index (χ0v) is 13.2. The molecule has 0 saturated carbocycles. The van der Waals surface area contributed by atoms with Crippen LogP contribution < -0.4 is 0 Å². The van der Waals surface area contributed by atoms with Gasteiger partial charge in [0.15, 0.2) is 0 Å². The van der Waals surface area contributed by atoms with Crippen molar-refractivity contribution in [1.29, 1.82) is 0 Å². The van der Waals surface area contributed by atoms with E-state index in [-0.39, 0.29) is 0 Å². The molecule has 2 heterocycles. The summed E-state index contributed by atoms with van der Waals surface area (Å²) in [5.41, 5.74) is 3.25. The molecule has 20 heavy (non-hydrogen) atoms. The fourth-order valence-electron chi connectivity index (χ4n) is 1.93. The molecule has 0 saturated heterocycles. The highest BCUT2D eigenvalue weighted by atomic mass is 35.5. The molecule has 3 rings (SSSR count). The van der Waals surface area contributed by atoms with E-state index in [1.165, 1.54) is 5.56 Å². The van der Waals surface area contributed by atoms with Crippen molar-refractivity contribution in [2.75, 3.05) is 12.1 Å². The number of nitrogens with zero attached hydrogens (tertiary/aromatic N) is 3. The summed E-state index contributed by atoms with van der Waals surface area (Å²) in [5, 5.41) is 1.91. The molecular weight excluding hydrogens is 310 g/mol. The van der Waals surface area contributed by atoms with Gasteiger partial charge >= 0.3 is 0 Å². The lowest BCUT2D eigenvalue weighted by atomic mass is 10.1. The molecule has 0 unspecified atom stereocenters. The predicted octanol–water partition coefficient (Wildman–Crippen LogP) is 4.26. The number of hydrogen-bond acceptors (Lipinski definition) is 5. The lowest BCUT2D eigenvalue weighted by molar-refractivity contribution is 1.09. The molecule has 0 spiro atoms. The second-order valence-electron chi connectivity index (χ2n) is 4.19. The van der Waals surface area contributed by atoms with Crippen LogP contribution in [0.5, 0.6) is 0 Å². The normalized spacial score (nSPS) is 11.1. The van der Waals surface area contributed by atoms with Crippen molar-refractivity contribution in [2.45, 2.75) is 11.4 Å². The summed E-state index contributed by atoms with van der Waals surface area (Å²) < 4.78 is 0. The summed E-state index contributed by atoms with van der Waals surface area (Å²) in [6.07, 6.45) is 4.49. The van der Waals surface area contributed by atoms with E-state index in [1.807, 2.05) is 6.26 Å². The van der Waals surface area contributed by atoms with Crippen molar-refractivity contribution in [3.63, 3.8) is 0 Å². The van der Waals surface area contributed by atoms with Crippen LogP contribution in [0.15, 0.2) is 35.6 Å². The minimum Gasteiger partial charge on any atom is -0.231 e. The second kappa shape index (κ2) is 6.08. The van der Waals surface area contributed by atoms with E-state index < -0.39 is 0 Å². The number of fused-ring (bicyclic) bond motifs is 1. The lowest BCUT2D eigenvalue weighted by Gasteiger charge is -1.99. The fourth-order valence-corrected chi connectivity index (χ4v) is 3.61. The Bertz CT molecular complexity index is 725. The summed E-state index contributed by atoms with van der Waals surface area (Å²) in [4.78, 5) is 14.2. The standard InChI is InChI=1S/C14H12ClN3S2/c1-19-13-11-14(17-8-16-13)20-12(18-11)10-4-2-9(3-5-10)6-7-15/h2-5,8H,6-7H2,1H3. The van der Waals surface area contributed by atoms with Crippen LogP contribution in [0.3, 0.4) is 0 Å². The van der Waals surface area contributed by atoms with Gasteiger partial charge in [0.2, 0.25) is 0 Å². The number of hydrogen-bond donors (Lipinski definition) is 0. The van der Waals surface area contributed by atoms with Gasteiger partial charge in [0.05, 0.1) is 0 Å². The molecule has 0 aliphatic heterocycles. The Morgan fingerprint density at radius 1 is 1.20 bits per heavy atom. The van der Waals surface area contributed by atoms with Crippen molar-refractivity contribution in [3.8, 4) is 10.6 Å². The molecule has 3 nitrogen and oxygen atoms in total. The number of halogens is 1. The molecule has 0 aliphatic rings. The average molecular weight is 322 g/mol. The van der Waals surface area contributed by atoms with E-state index in [0.29, 0.717) is 5.88 Å². The van der Waals surface area contributed by atoms with Crippen molar-refractivity contribution in [1.82, 2.24) is 15.0 Å². The van der Waals surface area contributed by atoms with Gasteiger partial charge < -0.3 is 0 Å². The first-order valence-electron chi connectivity index (χ1n) is 6.12. The van der Waals surface area contributed by atoms with E-state index in [4.69, 9.17) is 11.6 Å². The number of thioether (sulfide) groups is 1. The molecule has 0 amide bonds. The van der Waals surface area contributed by atoms with Crippen LogP contribution in [0.4, 0.5) is 0 Å². The highest BCUT2D eigenvalue weighted by molar-refractivity contribution is 7.98. The van der Waals surface area contributed by atoms with Gasteiger partial charge in [-0.25, -0.2) is 15.0 Å². The third-order valence-corrected chi connectivity index (χ3v) is 4.83. The first-order valence-corrected chi connectivity index (χ1v) is 8.70. The zero-order valence-electron chi connectivity index (χ0n) is 10.8. The van der Waals surface area contributed by atoms with Gasteiger partial charge in [0.1, 0.15) is 26.7 Å². The Morgan fingerprint density at radius 3 is 2.70 bits per heavy atom. The van der Waals surface area contributed by atoms with Gasteiger partial charge in [0.25, 0.3) is 0 Å². The number of alkyl halides is 1. The number of thiazole rings is 1. The Labute approximate surface area is 130 Å². The molecule has 0 bridgehead atoms. The van der Waals surface area contributed by atoms with Crippen LogP contribution in [0, 0.1) is 0 Å². The van der Waals surface area contributed by atoms with Crippen LogP contribution in [0.1, 0.15) is 5.56 Å². The van der Waals surface area contributed by atoms with Gasteiger partial charge in [-0.3, -0.25) is 0 Å². The molecule has 6 heteroatoms. The predicted molar refractivity (Wildman–Crippen MR) is 86.9 cm³/mol. The van der Waals surface area contributed by atoms with Crippen LogP contribution in [0.2, 0.25) is 0 Å². The van der Waals surface area contributed by atoms with Crippen molar-refractivity contribution >= 4 is 45.0 Å². The Morgan fingerprint density at radius 2 is 2.00 bits per heavy atom. The number of benzene rings is 1. The summed E-state index contributed by atoms with van der Waals surface area (Å²) in [6, 6.07) is 8.38. The Balaban J connectivity index is 2.01. The van der Waals surface area contributed by atoms with Gasteiger partial charge in [0, 0.05) is 11.4 Å². The molecule has 0 atom stereocenters. The van der Waals surface area contributed by atoms with Gasteiger partial charge in [-0.1, -0.05) is 35.6 Å². The van der Waals surface area contributed by atoms with Crippen LogP contribution in [-0.2, 0) is 6.42 Å². The molecule has 2 aromatic heterocycles. The molecule has 0 fully saturated rings. The Kier molecular flexibility index (Phi) is 4.19. The molecule has 3 aromatic rings. The monoisotopic (exact) mass is 321 g/mol. The summed E-state index contributed by atoms with van der Waals surface area (Å²) in [6.45, 7) is 0. The van der Waals surface area contributed by atoms with Crippen molar-refractivity contribution in [3.05, 3.63) is 36.2 Å². The average Bonchev–Trinajstić information content (AvgIpc) is 2.92. The van der Waals surface area contributed by atoms with E-state index in [2.05, 4.69) is 39.2 Å². The van der Waals surface area contributed by atoms with Crippen LogP contribution in [-0.4, -0.2) is 27.1 Å². The van der Waals surface area contributed by atoms with Gasteiger partial charge in [-0.15, -0.1) is 23.4 Å². The lowest BCUT2D eigenvalue weighted by Crippen LogP contribution is -1.86. The first kappa shape index (κ1) is 13.8. The van der Waals surface area contributed by atoms with E-state index in [1.54, 1.807) is 29.4 Å². The molecule has 0 radical (unpaired) electrons. The number of rotatable bonds is 4. The second-order valence-corrected chi connectivity index (χ2v) is 6.34. The van der Waals surface area contributed by atoms with Gasteiger partial charge in [-0.2, -0.15) is 0 Å². The third kappa shape index (κ3) is 2.66. The van der Waals surface area contributed by atoms with E-state index in [0.717, 1.165) is 32.4 Å². The van der Waals surface area contributed by atoms with Crippen LogP contribution in [0.25, 0.3) is 20.9 Å². The summed E-state index contributed by atoms with van der Waals surface area (Å²) in [5.74, 6) is 0.646. The number of aromatic nitrogens is 3. The molecule has 0 N–H and O–H groups in total. The Hall–Kier alpha value is -1.17. The molecule has 102 valence electrons. The SMILES string of the molecule is CSc1ncnc2sc(-c3ccc(CCCl)cc3)nc12. The van der Waals surface area contributed by atoms with E-state index in [9.17, 15) is 0 Å². The minimum absolute atomic E-state index is 0.646. The van der Waals surface area contributed by atoms with E-state index >= 15 is 0 Å². The zero-order chi connectivity index (χ0) is 13.9. The molecule has 1 aromatic carbocycles. The van der Waals surface area contributed by atoms with Gasteiger partial charge in [-0.05, 0) is 18.2 Å². The summed E-state index contributed by atoms with van der Waals surface area (Å²) >= 11 is 8.94. The quantitative estimate of drug-likeness (QED) is 0.409. The van der Waals surface area contributed by atoms with Crippen molar-refractivity contribution < 1.29 is 0 Å².